The number of nitrogens with one attached hydrogen (secondary N) is 1. The molecule has 1 amide bonds. The summed E-state index contributed by atoms with van der Waals surface area (Å²) in [5, 5.41) is 2.45. The Bertz CT molecular complexity index is 1090. The predicted octanol–water partition coefficient (Wildman–Crippen LogP) is 4.52. The number of alkyl halides is 3. The summed E-state index contributed by atoms with van der Waals surface area (Å²) in [4.78, 5) is 28.1. The number of carbonyl (C=O) groups is 2. The Morgan fingerprint density at radius 1 is 1.10 bits per heavy atom. The van der Waals surface area contributed by atoms with Crippen molar-refractivity contribution in [1.29, 1.82) is 0 Å². The summed E-state index contributed by atoms with van der Waals surface area (Å²) in [6.07, 6.45) is -2.21. The minimum absolute atomic E-state index is 0.0109. The highest BCUT2D eigenvalue weighted by atomic mass is 19.4. The topological polar surface area (TPSA) is 67.8 Å². The Kier molecular flexibility index (Phi) is 5.73. The maximum absolute atomic E-state index is 13.4. The van der Waals surface area contributed by atoms with Crippen molar-refractivity contribution >= 4 is 17.9 Å². The third kappa shape index (κ3) is 4.73. The number of carbonyl (C=O) groups excluding carboxylic acids is 2. The van der Waals surface area contributed by atoms with Crippen molar-refractivity contribution in [1.82, 2.24) is 5.32 Å². The monoisotopic (exact) mass is 420 g/mol. The maximum atomic E-state index is 13.4. The lowest BCUT2D eigenvalue weighted by Crippen LogP contribution is -2.27. The quantitative estimate of drug-likeness (QED) is 0.740. The summed E-state index contributed by atoms with van der Waals surface area (Å²) in [5.74, 6) is -1.89. The average molecular weight is 420 g/mol. The van der Waals surface area contributed by atoms with Gasteiger partial charge in [-0.25, -0.2) is 4.39 Å². The van der Waals surface area contributed by atoms with E-state index in [9.17, 15) is 27.2 Å². The molecule has 0 aliphatic carbocycles. The van der Waals surface area contributed by atoms with Crippen LogP contribution in [0.1, 0.15) is 27.0 Å². The fourth-order valence-corrected chi connectivity index (χ4v) is 2.89. The summed E-state index contributed by atoms with van der Waals surface area (Å²) in [6.45, 7) is 2.81. The molecular formula is C21H16F4N2O3. The van der Waals surface area contributed by atoms with Gasteiger partial charge in [0.05, 0.1) is 16.8 Å². The second kappa shape index (κ2) is 8.10. The molecule has 1 N–H and O–H groups in total. The first-order chi connectivity index (χ1) is 14.0. The molecular weight excluding hydrogens is 404 g/mol. The van der Waals surface area contributed by atoms with Gasteiger partial charge >= 0.3 is 6.18 Å². The number of nitrogens with zero attached hydrogens (tertiary/aromatic N) is 1. The van der Waals surface area contributed by atoms with E-state index < -0.39 is 23.5 Å². The summed E-state index contributed by atoms with van der Waals surface area (Å²) >= 11 is 0. The van der Waals surface area contributed by atoms with Crippen molar-refractivity contribution in [3.63, 3.8) is 0 Å². The van der Waals surface area contributed by atoms with Gasteiger partial charge in [0.25, 0.3) is 5.91 Å². The van der Waals surface area contributed by atoms with Gasteiger partial charge in [-0.3, -0.25) is 14.6 Å². The highest BCUT2D eigenvalue weighted by Crippen LogP contribution is 2.37. The minimum Gasteiger partial charge on any atom is -0.456 e. The van der Waals surface area contributed by atoms with Gasteiger partial charge in [-0.05, 0) is 55.3 Å². The molecule has 0 bridgehead atoms. The van der Waals surface area contributed by atoms with Crippen LogP contribution in [0.4, 0.5) is 17.6 Å². The molecule has 0 radical (unpaired) electrons. The third-order valence-corrected chi connectivity index (χ3v) is 4.26. The van der Waals surface area contributed by atoms with Crippen LogP contribution in [0, 0.1) is 19.7 Å². The van der Waals surface area contributed by atoms with Crippen molar-refractivity contribution < 1.29 is 31.9 Å². The van der Waals surface area contributed by atoms with Crippen molar-refractivity contribution in [2.75, 3.05) is 6.54 Å². The Balaban J connectivity index is 2.05. The molecule has 2 aromatic carbocycles. The van der Waals surface area contributed by atoms with E-state index >= 15 is 0 Å². The first-order valence-electron chi connectivity index (χ1n) is 8.76. The molecule has 0 atom stereocenters. The highest BCUT2D eigenvalue weighted by Gasteiger charge is 2.33. The first-order valence-corrected chi connectivity index (χ1v) is 8.76. The van der Waals surface area contributed by atoms with Crippen LogP contribution >= 0.6 is 0 Å². The molecule has 0 saturated heterocycles. The Hall–Kier alpha value is -3.49. The first kappa shape index (κ1) is 21.2. The number of dihydropyridines is 1. The molecule has 0 aromatic heterocycles. The van der Waals surface area contributed by atoms with Gasteiger partial charge in [0.15, 0.2) is 5.78 Å². The summed E-state index contributed by atoms with van der Waals surface area (Å²) in [7, 11) is 0. The Morgan fingerprint density at radius 2 is 1.83 bits per heavy atom. The van der Waals surface area contributed by atoms with E-state index in [-0.39, 0.29) is 40.7 Å². The van der Waals surface area contributed by atoms with Gasteiger partial charge in [0.2, 0.25) is 0 Å². The summed E-state index contributed by atoms with van der Waals surface area (Å²) in [5.41, 5.74) is -0.695. The molecule has 0 saturated carbocycles. The van der Waals surface area contributed by atoms with Crippen LogP contribution in [0.5, 0.6) is 11.5 Å². The molecule has 1 aliphatic heterocycles. The van der Waals surface area contributed by atoms with Crippen LogP contribution in [-0.4, -0.2) is 24.4 Å². The van der Waals surface area contributed by atoms with Crippen molar-refractivity contribution in [3.8, 4) is 11.5 Å². The van der Waals surface area contributed by atoms with E-state index in [2.05, 4.69) is 10.3 Å². The van der Waals surface area contributed by atoms with Crippen LogP contribution in [0.15, 0.2) is 47.1 Å². The van der Waals surface area contributed by atoms with Gasteiger partial charge in [-0.1, -0.05) is 0 Å². The third-order valence-electron chi connectivity index (χ3n) is 4.26. The Labute approximate surface area is 169 Å². The molecule has 3 rings (SSSR count). The normalized spacial score (nSPS) is 13.8. The number of allylic oxidation sites excluding steroid dienone is 1. The highest BCUT2D eigenvalue weighted by molar-refractivity contribution is 6.06. The number of rotatable bonds is 4. The number of hydrogen-bond acceptors (Lipinski definition) is 4. The zero-order valence-electron chi connectivity index (χ0n) is 15.9. The number of aryl methyl sites for hydroxylation is 2. The molecule has 0 fully saturated rings. The second-order valence-electron chi connectivity index (χ2n) is 6.67. The molecule has 30 heavy (non-hydrogen) atoms. The van der Waals surface area contributed by atoms with Gasteiger partial charge in [-0.2, -0.15) is 13.2 Å². The van der Waals surface area contributed by atoms with Gasteiger partial charge in [-0.15, -0.1) is 0 Å². The lowest BCUT2D eigenvalue weighted by molar-refractivity contribution is -0.137. The van der Waals surface area contributed by atoms with Crippen LogP contribution in [-0.2, 0) is 11.0 Å². The molecule has 2 aromatic rings. The van der Waals surface area contributed by atoms with Gasteiger partial charge in [0.1, 0.15) is 23.9 Å². The minimum atomic E-state index is -4.67. The van der Waals surface area contributed by atoms with E-state index in [4.69, 9.17) is 4.74 Å². The van der Waals surface area contributed by atoms with Crippen LogP contribution < -0.4 is 10.1 Å². The summed E-state index contributed by atoms with van der Waals surface area (Å²) in [6, 6.07) is 5.05. The fourth-order valence-electron chi connectivity index (χ4n) is 2.89. The van der Waals surface area contributed by atoms with Crippen LogP contribution in [0.3, 0.4) is 0 Å². The van der Waals surface area contributed by atoms with E-state index in [0.29, 0.717) is 11.6 Å². The number of ketones is 1. The van der Waals surface area contributed by atoms with Gasteiger partial charge in [0, 0.05) is 12.3 Å². The largest absolute Gasteiger partial charge is 0.456 e. The van der Waals surface area contributed by atoms with Gasteiger partial charge < -0.3 is 10.1 Å². The molecule has 9 heteroatoms. The van der Waals surface area contributed by atoms with Crippen molar-refractivity contribution in [2.24, 2.45) is 4.99 Å². The van der Waals surface area contributed by atoms with E-state index in [1.807, 2.05) is 0 Å². The van der Waals surface area contributed by atoms with Crippen LogP contribution in [0.25, 0.3) is 0 Å². The molecule has 5 nitrogen and oxygen atoms in total. The van der Waals surface area contributed by atoms with E-state index in [1.165, 1.54) is 32.2 Å². The number of halogens is 4. The lowest BCUT2D eigenvalue weighted by atomic mass is 10.0. The second-order valence-corrected chi connectivity index (χ2v) is 6.67. The molecule has 1 aliphatic rings. The predicted molar refractivity (Wildman–Crippen MR) is 101 cm³/mol. The fraction of sp³-hybridized carbons (Fsp3) is 0.190. The van der Waals surface area contributed by atoms with E-state index in [0.717, 1.165) is 18.2 Å². The Morgan fingerprint density at radius 3 is 2.47 bits per heavy atom. The standard InChI is InChI=1S/C21H16F4N2O3/c1-11-6-14(22)3-4-17(11)30-18-7-13(21(23,24)25)5-12(2)19(18)20(29)27-15-8-16(28)10-26-9-15/h3-9H,10H2,1-2H3,(H,27,29). The zero-order chi connectivity index (χ0) is 22.1. The van der Waals surface area contributed by atoms with E-state index in [1.54, 1.807) is 0 Å². The maximum Gasteiger partial charge on any atom is 0.416 e. The van der Waals surface area contributed by atoms with Crippen molar-refractivity contribution in [3.05, 3.63) is 70.2 Å². The lowest BCUT2D eigenvalue weighted by Gasteiger charge is -2.18. The van der Waals surface area contributed by atoms with Crippen LogP contribution in [0.2, 0.25) is 0 Å². The zero-order valence-corrected chi connectivity index (χ0v) is 15.9. The number of aliphatic imine (C=N–C) groups is 1. The number of benzene rings is 2. The SMILES string of the molecule is Cc1cc(F)ccc1Oc1cc(C(F)(F)F)cc(C)c1C(=O)NC1=CC(=O)CN=C1. The molecule has 156 valence electrons. The molecule has 1 heterocycles. The average Bonchev–Trinajstić information content (AvgIpc) is 2.63. The van der Waals surface area contributed by atoms with Crippen molar-refractivity contribution in [2.45, 2.75) is 20.0 Å². The summed E-state index contributed by atoms with van der Waals surface area (Å²) < 4.78 is 58.8. The smallest absolute Gasteiger partial charge is 0.416 e. The number of amides is 1. The number of hydrogen-bond donors (Lipinski definition) is 1. The molecule has 0 spiro atoms. The molecule has 0 unspecified atom stereocenters. The number of ether oxygens (including phenoxy) is 1.